The number of esters is 1. The van der Waals surface area contributed by atoms with E-state index in [0.717, 1.165) is 19.3 Å². The molecular formula is C39H48BrN3O7. The first kappa shape index (κ1) is 37.5. The van der Waals surface area contributed by atoms with Crippen molar-refractivity contribution in [3.63, 3.8) is 0 Å². The van der Waals surface area contributed by atoms with Crippen LogP contribution in [0.15, 0.2) is 86.0 Å². The third-order valence-corrected chi connectivity index (χ3v) is 11.0. The Kier molecular flexibility index (Phi) is 12.7. The molecule has 0 aliphatic carbocycles. The second-order valence-corrected chi connectivity index (χ2v) is 14.4. The van der Waals surface area contributed by atoms with E-state index < -0.39 is 60.2 Å². The molecule has 2 aromatic carbocycles. The van der Waals surface area contributed by atoms with Gasteiger partial charge in [0.15, 0.2) is 0 Å². The number of alkyl halides is 1. The maximum absolute atomic E-state index is 14.8. The van der Waals surface area contributed by atoms with Crippen LogP contribution in [0.1, 0.15) is 68.7 Å². The number of carbonyl (C=O) groups is 4. The molecule has 1 unspecified atom stereocenters. The van der Waals surface area contributed by atoms with E-state index in [4.69, 9.17) is 9.47 Å². The molecule has 0 aromatic heterocycles. The van der Waals surface area contributed by atoms with Gasteiger partial charge in [-0.2, -0.15) is 0 Å². The number of halogens is 1. The van der Waals surface area contributed by atoms with Crippen molar-refractivity contribution in [2.45, 2.75) is 80.2 Å². The van der Waals surface area contributed by atoms with E-state index in [-0.39, 0.29) is 36.2 Å². The van der Waals surface area contributed by atoms with Gasteiger partial charge in [0.25, 0.3) is 0 Å². The minimum atomic E-state index is -1.34. The number of fused-ring (bicyclic) bond motifs is 1. The summed E-state index contributed by atoms with van der Waals surface area (Å²) in [4.78, 5) is 59.4. The van der Waals surface area contributed by atoms with Gasteiger partial charge in [-0.1, -0.05) is 109 Å². The van der Waals surface area contributed by atoms with Crippen LogP contribution in [0.4, 0.5) is 0 Å². The maximum Gasteiger partial charge on any atom is 0.313 e. The number of likely N-dealkylation sites (tertiary alicyclic amines) is 1. The number of nitrogens with zero attached hydrogens (tertiary/aromatic N) is 2. The van der Waals surface area contributed by atoms with E-state index in [2.05, 4.69) is 41.3 Å². The van der Waals surface area contributed by atoms with Crippen molar-refractivity contribution in [3.05, 3.63) is 97.1 Å². The van der Waals surface area contributed by atoms with Crippen LogP contribution in [0.2, 0.25) is 0 Å². The summed E-state index contributed by atoms with van der Waals surface area (Å²) in [7, 11) is 0. The molecule has 50 heavy (non-hydrogen) atoms. The number of allylic oxidation sites excluding steroid dienone is 1. The number of rotatable bonds is 18. The molecule has 2 bridgehead atoms. The fourth-order valence-corrected chi connectivity index (χ4v) is 8.74. The van der Waals surface area contributed by atoms with Crippen LogP contribution in [0.3, 0.4) is 0 Å². The lowest BCUT2D eigenvalue weighted by Gasteiger charge is -2.39. The highest BCUT2D eigenvalue weighted by Crippen LogP contribution is 2.61. The Morgan fingerprint density at radius 1 is 1.10 bits per heavy atom. The molecule has 3 aliphatic heterocycles. The van der Waals surface area contributed by atoms with Crippen molar-refractivity contribution in [2.24, 2.45) is 11.8 Å². The van der Waals surface area contributed by atoms with Crippen LogP contribution in [-0.4, -0.2) is 87.4 Å². The van der Waals surface area contributed by atoms with Gasteiger partial charge < -0.3 is 29.7 Å². The number of ether oxygens (including phenoxy) is 2. The molecule has 11 heteroatoms. The molecule has 3 fully saturated rings. The average molecular weight is 751 g/mol. The van der Waals surface area contributed by atoms with E-state index in [9.17, 15) is 24.3 Å². The SMILES string of the molecule is C=CCCC(=O)NC[C@H](OC(=O)[C@H]1[C@@H]2O[C@@]3(CC2Br)[C@@H]1C(=O)N([C@H](CO)c1ccccc1)[C@@H]3C(=O)N(CC=C)CCCCC)c1ccccc1. The minimum absolute atomic E-state index is 0.0353. The highest BCUT2D eigenvalue weighted by molar-refractivity contribution is 9.09. The van der Waals surface area contributed by atoms with Gasteiger partial charge in [0.1, 0.15) is 17.7 Å². The summed E-state index contributed by atoms with van der Waals surface area (Å²) in [6.45, 7) is 9.99. The molecule has 3 heterocycles. The van der Waals surface area contributed by atoms with Crippen molar-refractivity contribution in [3.8, 4) is 0 Å². The van der Waals surface area contributed by atoms with E-state index >= 15 is 0 Å². The Morgan fingerprint density at radius 2 is 1.78 bits per heavy atom. The molecule has 3 saturated heterocycles. The third kappa shape index (κ3) is 7.45. The molecule has 0 radical (unpaired) electrons. The predicted octanol–water partition coefficient (Wildman–Crippen LogP) is 5.04. The molecule has 2 N–H and O–H groups in total. The van der Waals surface area contributed by atoms with E-state index in [0.29, 0.717) is 30.5 Å². The molecule has 8 atom stereocenters. The fourth-order valence-electron chi connectivity index (χ4n) is 7.80. The zero-order valence-corrected chi connectivity index (χ0v) is 30.2. The standard InChI is InChI=1S/C39H48BrN3O7/c1-4-7-15-22-42(21-6-3)37(47)35-39-23-28(40)34(50-39)32(33(39)36(46)43(35)29(25-44)26-16-11-9-12-17-26)38(48)49-30(27-18-13-10-14-19-27)24-41-31(45)20-8-5-2/h5-6,9-14,16-19,28-30,32-35,44H,2-4,7-8,15,20-25H2,1H3,(H,41,45)/t28?,29-,30+,32-,33+,34-,35-,39+/m1/s1. The number of aliphatic hydroxyl groups is 1. The summed E-state index contributed by atoms with van der Waals surface area (Å²) >= 11 is 3.74. The van der Waals surface area contributed by atoms with Crippen LogP contribution in [0.25, 0.3) is 0 Å². The molecule has 0 saturated carbocycles. The number of carbonyl (C=O) groups excluding carboxylic acids is 4. The zero-order valence-electron chi connectivity index (χ0n) is 28.6. The first-order chi connectivity index (χ1) is 24.2. The summed E-state index contributed by atoms with van der Waals surface area (Å²) in [5.74, 6) is -3.65. The summed E-state index contributed by atoms with van der Waals surface area (Å²) in [5, 5.41) is 13.7. The van der Waals surface area contributed by atoms with Crippen molar-refractivity contribution < 1.29 is 33.8 Å². The van der Waals surface area contributed by atoms with Crippen LogP contribution in [0.5, 0.6) is 0 Å². The molecule has 2 aromatic rings. The minimum Gasteiger partial charge on any atom is -0.455 e. The monoisotopic (exact) mass is 749 g/mol. The fraction of sp³-hybridized carbons (Fsp3) is 0.487. The molecule has 1 spiro atoms. The van der Waals surface area contributed by atoms with Gasteiger partial charge in [-0.25, -0.2) is 0 Å². The van der Waals surface area contributed by atoms with Gasteiger partial charge in [0.2, 0.25) is 17.7 Å². The predicted molar refractivity (Wildman–Crippen MR) is 193 cm³/mol. The largest absolute Gasteiger partial charge is 0.455 e. The lowest BCUT2D eigenvalue weighted by atomic mass is 9.70. The van der Waals surface area contributed by atoms with Gasteiger partial charge in [0, 0.05) is 24.3 Å². The van der Waals surface area contributed by atoms with Crippen LogP contribution in [-0.2, 0) is 28.7 Å². The van der Waals surface area contributed by atoms with Gasteiger partial charge in [-0.3, -0.25) is 19.2 Å². The highest BCUT2D eigenvalue weighted by atomic mass is 79.9. The number of hydrogen-bond donors (Lipinski definition) is 2. The first-order valence-electron chi connectivity index (χ1n) is 17.5. The smallest absolute Gasteiger partial charge is 0.313 e. The number of unbranched alkanes of at least 4 members (excludes halogenated alkanes) is 2. The molecule has 3 aliphatic rings. The third-order valence-electron chi connectivity index (χ3n) is 10.1. The molecule has 10 nitrogen and oxygen atoms in total. The molecular weight excluding hydrogens is 702 g/mol. The average Bonchev–Trinajstić information content (AvgIpc) is 3.73. The topological polar surface area (TPSA) is 125 Å². The molecule has 5 rings (SSSR count). The quantitative estimate of drug-likeness (QED) is 0.0948. The van der Waals surface area contributed by atoms with Gasteiger partial charge >= 0.3 is 5.97 Å². The second kappa shape index (κ2) is 16.9. The zero-order chi connectivity index (χ0) is 35.8. The number of nitrogens with one attached hydrogen (secondary N) is 1. The Morgan fingerprint density at radius 3 is 2.40 bits per heavy atom. The van der Waals surface area contributed by atoms with E-state index in [1.165, 1.54) is 4.90 Å². The number of benzene rings is 2. The highest BCUT2D eigenvalue weighted by Gasteiger charge is 2.77. The molecule has 3 amide bonds. The van der Waals surface area contributed by atoms with Crippen molar-refractivity contribution in [2.75, 3.05) is 26.2 Å². The van der Waals surface area contributed by atoms with Crippen LogP contribution in [0, 0.1) is 11.8 Å². The summed E-state index contributed by atoms with van der Waals surface area (Å²) in [6.07, 6.45) is 5.53. The van der Waals surface area contributed by atoms with Gasteiger partial charge in [-0.05, 0) is 30.4 Å². The molecule has 268 valence electrons. The lowest BCUT2D eigenvalue weighted by Crippen LogP contribution is -2.57. The van der Waals surface area contributed by atoms with Gasteiger partial charge in [0.05, 0.1) is 37.1 Å². The van der Waals surface area contributed by atoms with E-state index in [1.54, 1.807) is 17.1 Å². The van der Waals surface area contributed by atoms with Crippen LogP contribution >= 0.6 is 15.9 Å². The van der Waals surface area contributed by atoms with Crippen molar-refractivity contribution in [1.29, 1.82) is 0 Å². The van der Waals surface area contributed by atoms with Gasteiger partial charge in [-0.15, -0.1) is 13.2 Å². The summed E-state index contributed by atoms with van der Waals surface area (Å²) < 4.78 is 12.9. The van der Waals surface area contributed by atoms with E-state index in [1.807, 2.05) is 60.7 Å². The number of amides is 3. The lowest BCUT2D eigenvalue weighted by molar-refractivity contribution is -0.161. The normalized spacial score (nSPS) is 26.2. The second-order valence-electron chi connectivity index (χ2n) is 13.3. The maximum atomic E-state index is 14.8. The first-order valence-corrected chi connectivity index (χ1v) is 18.5. The Labute approximate surface area is 303 Å². The van der Waals surface area contributed by atoms with Crippen molar-refractivity contribution in [1.82, 2.24) is 15.1 Å². The Hall–Kier alpha value is -3.80. The summed E-state index contributed by atoms with van der Waals surface area (Å²) in [5.41, 5.74) is 0.00624. The number of aliphatic hydroxyl groups excluding tert-OH is 1. The summed E-state index contributed by atoms with van der Waals surface area (Å²) in [6, 6.07) is 16.3. The van der Waals surface area contributed by atoms with Crippen LogP contribution < -0.4 is 5.32 Å². The Balaban J connectivity index is 1.52. The number of hydrogen-bond acceptors (Lipinski definition) is 7. The Bertz CT molecular complexity index is 1520. The van der Waals surface area contributed by atoms with Crippen molar-refractivity contribution >= 4 is 39.6 Å².